The third kappa shape index (κ3) is 5.62. The van der Waals surface area contributed by atoms with Gasteiger partial charge >= 0.3 is 0 Å². The largest absolute Gasteiger partial charge is 0.376 e. The lowest BCUT2D eigenvalue weighted by Crippen LogP contribution is -2.40. The van der Waals surface area contributed by atoms with Crippen molar-refractivity contribution in [1.29, 1.82) is 0 Å². The maximum Gasteiger partial charge on any atom is 0.269 e. The first-order valence-electron chi connectivity index (χ1n) is 9.98. The Bertz CT molecular complexity index is 835. The SMILES string of the molecule is CNC(=O)c1cc(C(=O)NCC[C@@H]2CNCCO2)cc(C(C)c2ccccc2)n1. The number of amides is 2. The molecule has 3 rings (SSSR count). The first-order chi connectivity index (χ1) is 14.1. The molecule has 2 aromatic rings. The average molecular weight is 396 g/mol. The zero-order valence-electron chi connectivity index (χ0n) is 16.9. The second kappa shape index (κ2) is 10.1. The molecule has 0 saturated carbocycles. The van der Waals surface area contributed by atoms with Crippen LogP contribution in [0.3, 0.4) is 0 Å². The first-order valence-corrected chi connectivity index (χ1v) is 9.98. The number of benzene rings is 1. The van der Waals surface area contributed by atoms with Crippen LogP contribution in [-0.2, 0) is 4.74 Å². The Morgan fingerprint density at radius 3 is 2.72 bits per heavy atom. The van der Waals surface area contributed by atoms with Gasteiger partial charge in [0.05, 0.1) is 12.7 Å². The van der Waals surface area contributed by atoms with Gasteiger partial charge in [-0.3, -0.25) is 9.59 Å². The molecular formula is C22H28N4O3. The minimum Gasteiger partial charge on any atom is -0.376 e. The molecule has 1 fully saturated rings. The number of carbonyl (C=O) groups is 2. The van der Waals surface area contributed by atoms with E-state index in [1.165, 1.54) is 6.07 Å². The molecule has 1 aliphatic heterocycles. The molecule has 1 saturated heterocycles. The van der Waals surface area contributed by atoms with E-state index in [0.29, 0.717) is 24.4 Å². The molecule has 154 valence electrons. The van der Waals surface area contributed by atoms with Crippen LogP contribution in [0.1, 0.15) is 51.4 Å². The molecule has 7 nitrogen and oxygen atoms in total. The number of carbonyl (C=O) groups excluding carboxylic acids is 2. The number of morpholine rings is 1. The molecule has 0 radical (unpaired) electrons. The molecule has 29 heavy (non-hydrogen) atoms. The van der Waals surface area contributed by atoms with Gasteiger partial charge in [0.2, 0.25) is 0 Å². The lowest BCUT2D eigenvalue weighted by Gasteiger charge is -2.23. The summed E-state index contributed by atoms with van der Waals surface area (Å²) in [5.41, 5.74) is 2.42. The van der Waals surface area contributed by atoms with Crippen LogP contribution in [-0.4, -0.2) is 56.2 Å². The summed E-state index contributed by atoms with van der Waals surface area (Å²) in [6, 6.07) is 13.2. The minimum atomic E-state index is -0.317. The average Bonchev–Trinajstić information content (AvgIpc) is 2.79. The zero-order chi connectivity index (χ0) is 20.6. The maximum absolute atomic E-state index is 12.7. The fourth-order valence-electron chi connectivity index (χ4n) is 3.32. The van der Waals surface area contributed by atoms with E-state index in [1.54, 1.807) is 13.1 Å². The number of ether oxygens (including phenoxy) is 1. The Labute approximate surface area is 171 Å². The molecule has 2 heterocycles. The van der Waals surface area contributed by atoms with E-state index in [4.69, 9.17) is 4.74 Å². The summed E-state index contributed by atoms with van der Waals surface area (Å²) in [7, 11) is 1.55. The molecule has 2 atom stereocenters. The summed E-state index contributed by atoms with van der Waals surface area (Å²) in [5, 5.41) is 8.79. The van der Waals surface area contributed by atoms with E-state index in [0.717, 1.165) is 25.1 Å². The van der Waals surface area contributed by atoms with E-state index < -0.39 is 0 Å². The van der Waals surface area contributed by atoms with Crippen LogP contribution in [0.5, 0.6) is 0 Å². The van der Waals surface area contributed by atoms with Gasteiger partial charge in [-0.1, -0.05) is 37.3 Å². The highest BCUT2D eigenvalue weighted by molar-refractivity contribution is 5.98. The van der Waals surface area contributed by atoms with Gasteiger partial charge < -0.3 is 20.7 Å². The van der Waals surface area contributed by atoms with Crippen molar-refractivity contribution in [2.75, 3.05) is 33.3 Å². The van der Waals surface area contributed by atoms with Crippen LogP contribution < -0.4 is 16.0 Å². The third-order valence-corrected chi connectivity index (χ3v) is 5.07. The number of hydrogen-bond acceptors (Lipinski definition) is 5. The standard InChI is InChI=1S/C22H28N4O3/c1-15(16-6-4-3-5-7-16)19-12-17(13-20(26-19)22(28)23-2)21(27)25-9-8-18-14-24-10-11-29-18/h3-7,12-13,15,18,24H,8-11,14H2,1-2H3,(H,23,28)(H,25,27)/t15?,18-/m1/s1. The topological polar surface area (TPSA) is 92.4 Å². The smallest absolute Gasteiger partial charge is 0.269 e. The number of nitrogens with one attached hydrogen (secondary N) is 3. The molecule has 1 unspecified atom stereocenters. The zero-order valence-corrected chi connectivity index (χ0v) is 16.9. The Morgan fingerprint density at radius 2 is 2.03 bits per heavy atom. The molecular weight excluding hydrogens is 368 g/mol. The van der Waals surface area contributed by atoms with Crippen LogP contribution in [0.4, 0.5) is 0 Å². The fourth-order valence-corrected chi connectivity index (χ4v) is 3.32. The van der Waals surface area contributed by atoms with Crippen molar-refractivity contribution in [2.24, 2.45) is 0 Å². The molecule has 1 aromatic carbocycles. The van der Waals surface area contributed by atoms with Crippen LogP contribution in [0, 0.1) is 0 Å². The number of pyridine rings is 1. The van der Waals surface area contributed by atoms with E-state index in [9.17, 15) is 9.59 Å². The molecule has 0 spiro atoms. The van der Waals surface area contributed by atoms with Crippen LogP contribution in [0.15, 0.2) is 42.5 Å². The predicted octanol–water partition coefficient (Wildman–Crippen LogP) is 1.70. The van der Waals surface area contributed by atoms with Crippen molar-refractivity contribution in [2.45, 2.75) is 25.4 Å². The molecule has 2 amide bonds. The van der Waals surface area contributed by atoms with Gasteiger partial charge in [-0.2, -0.15) is 0 Å². The minimum absolute atomic E-state index is 0.0472. The second-order valence-electron chi connectivity index (χ2n) is 7.12. The van der Waals surface area contributed by atoms with Gasteiger partial charge in [-0.15, -0.1) is 0 Å². The fraction of sp³-hybridized carbons (Fsp3) is 0.409. The molecule has 3 N–H and O–H groups in total. The quantitative estimate of drug-likeness (QED) is 0.663. The Balaban J connectivity index is 1.75. The molecule has 1 aromatic heterocycles. The Hall–Kier alpha value is -2.77. The summed E-state index contributed by atoms with van der Waals surface area (Å²) in [5.74, 6) is -0.584. The normalized spacial score (nSPS) is 17.4. The van der Waals surface area contributed by atoms with Gasteiger partial charge in [0.1, 0.15) is 5.69 Å². The number of hydrogen-bond donors (Lipinski definition) is 3. The first kappa shape index (κ1) is 21.0. The number of nitrogens with zero attached hydrogens (tertiary/aromatic N) is 1. The van der Waals surface area contributed by atoms with Crippen LogP contribution in [0.2, 0.25) is 0 Å². The van der Waals surface area contributed by atoms with Crippen molar-refractivity contribution < 1.29 is 14.3 Å². The van der Waals surface area contributed by atoms with E-state index in [2.05, 4.69) is 20.9 Å². The summed E-state index contributed by atoms with van der Waals surface area (Å²) < 4.78 is 5.65. The lowest BCUT2D eigenvalue weighted by molar-refractivity contribution is 0.0239. The third-order valence-electron chi connectivity index (χ3n) is 5.07. The summed E-state index contributed by atoms with van der Waals surface area (Å²) in [6.45, 7) is 4.88. The number of aromatic nitrogens is 1. The predicted molar refractivity (Wildman–Crippen MR) is 111 cm³/mol. The van der Waals surface area contributed by atoms with E-state index in [1.807, 2.05) is 37.3 Å². The molecule has 1 aliphatic rings. The molecule has 7 heteroatoms. The summed E-state index contributed by atoms with van der Waals surface area (Å²) in [6.07, 6.45) is 0.843. The van der Waals surface area contributed by atoms with Gasteiger partial charge in [0.25, 0.3) is 11.8 Å². The van der Waals surface area contributed by atoms with Crippen molar-refractivity contribution in [3.63, 3.8) is 0 Å². The molecule has 0 bridgehead atoms. The van der Waals surface area contributed by atoms with E-state index >= 15 is 0 Å². The van der Waals surface area contributed by atoms with E-state index in [-0.39, 0.29) is 29.5 Å². The molecule has 0 aliphatic carbocycles. The van der Waals surface area contributed by atoms with Gasteiger partial charge in [-0.05, 0) is 24.1 Å². The Kier molecular flexibility index (Phi) is 7.32. The van der Waals surface area contributed by atoms with Crippen molar-refractivity contribution >= 4 is 11.8 Å². The lowest BCUT2D eigenvalue weighted by atomic mass is 9.96. The van der Waals surface area contributed by atoms with Crippen molar-refractivity contribution in [3.8, 4) is 0 Å². The highest BCUT2D eigenvalue weighted by atomic mass is 16.5. The second-order valence-corrected chi connectivity index (χ2v) is 7.12. The van der Waals surface area contributed by atoms with Crippen LogP contribution in [0.25, 0.3) is 0 Å². The summed E-state index contributed by atoms with van der Waals surface area (Å²) in [4.78, 5) is 29.4. The van der Waals surface area contributed by atoms with Gasteiger partial charge in [0, 0.05) is 43.9 Å². The highest BCUT2D eigenvalue weighted by Gasteiger charge is 2.19. The Morgan fingerprint density at radius 1 is 1.24 bits per heavy atom. The highest BCUT2D eigenvalue weighted by Crippen LogP contribution is 2.23. The summed E-state index contributed by atoms with van der Waals surface area (Å²) >= 11 is 0. The van der Waals surface area contributed by atoms with Crippen molar-refractivity contribution in [3.05, 3.63) is 65.0 Å². The number of rotatable bonds is 7. The van der Waals surface area contributed by atoms with Gasteiger partial charge in [-0.25, -0.2) is 4.98 Å². The maximum atomic E-state index is 12.7. The van der Waals surface area contributed by atoms with Crippen LogP contribution >= 0.6 is 0 Å². The monoisotopic (exact) mass is 396 g/mol. The van der Waals surface area contributed by atoms with Crippen molar-refractivity contribution in [1.82, 2.24) is 20.9 Å². The van der Waals surface area contributed by atoms with Gasteiger partial charge in [0.15, 0.2) is 0 Å².